The van der Waals surface area contributed by atoms with Crippen molar-refractivity contribution in [3.05, 3.63) is 50.4 Å². The van der Waals surface area contributed by atoms with Gasteiger partial charge in [0.15, 0.2) is 5.75 Å². The highest BCUT2D eigenvalue weighted by Gasteiger charge is 2.11. The third-order valence-electron chi connectivity index (χ3n) is 2.54. The zero-order chi connectivity index (χ0) is 14.0. The van der Waals surface area contributed by atoms with Crippen molar-refractivity contribution in [1.29, 1.82) is 5.26 Å². The van der Waals surface area contributed by atoms with Gasteiger partial charge in [-0.3, -0.25) is 0 Å². The molecule has 0 spiro atoms. The second kappa shape index (κ2) is 5.64. The molecule has 0 aromatic heterocycles. The summed E-state index contributed by atoms with van der Waals surface area (Å²) in [5, 5.41) is 9.09. The monoisotopic (exact) mass is 380 g/mol. The number of nitriles is 1. The van der Waals surface area contributed by atoms with Crippen LogP contribution in [0.25, 0.3) is 0 Å². The molecule has 0 atom stereocenters. The average Bonchev–Trinajstić information content (AvgIpc) is 2.34. The van der Waals surface area contributed by atoms with Gasteiger partial charge in [0.05, 0.1) is 11.3 Å². The lowest BCUT2D eigenvalue weighted by Gasteiger charge is -2.13. The number of aryl methyl sites for hydroxylation is 1. The molecule has 0 fully saturated rings. The normalized spacial score (nSPS) is 10.0. The van der Waals surface area contributed by atoms with Crippen LogP contribution in [0.4, 0.5) is 5.69 Å². The highest BCUT2D eigenvalue weighted by atomic mass is 79.9. The number of rotatable bonds is 2. The Morgan fingerprint density at radius 2 is 1.89 bits per heavy atom. The molecule has 0 heterocycles. The van der Waals surface area contributed by atoms with E-state index in [1.54, 1.807) is 24.3 Å². The summed E-state index contributed by atoms with van der Waals surface area (Å²) in [6, 6.07) is 11.0. The van der Waals surface area contributed by atoms with Crippen molar-refractivity contribution in [3.63, 3.8) is 0 Å². The van der Waals surface area contributed by atoms with Gasteiger partial charge in [-0.15, -0.1) is 0 Å². The van der Waals surface area contributed by atoms with Gasteiger partial charge in [0.25, 0.3) is 0 Å². The zero-order valence-corrected chi connectivity index (χ0v) is 13.2. The van der Waals surface area contributed by atoms with Crippen LogP contribution in [0.3, 0.4) is 0 Å². The first-order valence-corrected chi connectivity index (χ1v) is 7.03. The van der Waals surface area contributed by atoms with Gasteiger partial charge >= 0.3 is 0 Å². The number of hydrogen-bond donors (Lipinski definition) is 1. The molecule has 96 valence electrons. The van der Waals surface area contributed by atoms with Crippen molar-refractivity contribution in [2.75, 3.05) is 5.73 Å². The van der Waals surface area contributed by atoms with Crippen molar-refractivity contribution < 1.29 is 4.74 Å². The highest BCUT2D eigenvalue weighted by molar-refractivity contribution is 9.10. The number of anilines is 1. The summed E-state index contributed by atoms with van der Waals surface area (Å²) < 4.78 is 7.54. The summed E-state index contributed by atoms with van der Waals surface area (Å²) in [5.41, 5.74) is 7.84. The molecule has 0 aliphatic carbocycles. The van der Waals surface area contributed by atoms with E-state index in [1.807, 2.05) is 13.0 Å². The van der Waals surface area contributed by atoms with Crippen LogP contribution >= 0.6 is 31.9 Å². The zero-order valence-electron chi connectivity index (χ0n) is 10.1. The quantitative estimate of drug-likeness (QED) is 0.762. The molecule has 0 aliphatic heterocycles. The van der Waals surface area contributed by atoms with Crippen molar-refractivity contribution >= 4 is 37.5 Å². The van der Waals surface area contributed by atoms with Crippen LogP contribution in [-0.4, -0.2) is 0 Å². The Kier molecular flexibility index (Phi) is 4.13. The molecule has 0 amide bonds. The van der Waals surface area contributed by atoms with Gasteiger partial charge in [0.1, 0.15) is 11.8 Å². The van der Waals surface area contributed by atoms with E-state index in [2.05, 4.69) is 37.9 Å². The van der Waals surface area contributed by atoms with Crippen molar-refractivity contribution in [2.45, 2.75) is 6.92 Å². The maximum Gasteiger partial charge on any atom is 0.153 e. The molecule has 2 rings (SSSR count). The highest BCUT2D eigenvalue weighted by Crippen LogP contribution is 2.35. The number of hydrogen-bond acceptors (Lipinski definition) is 3. The van der Waals surface area contributed by atoms with Crippen LogP contribution in [0.1, 0.15) is 11.1 Å². The van der Waals surface area contributed by atoms with E-state index < -0.39 is 0 Å². The molecule has 0 bridgehead atoms. The fraction of sp³-hybridized carbons (Fsp3) is 0.0714. The summed E-state index contributed by atoms with van der Waals surface area (Å²) in [7, 11) is 0. The fourth-order valence-electron chi connectivity index (χ4n) is 1.68. The number of nitrogen functional groups attached to an aromatic ring is 1. The van der Waals surface area contributed by atoms with E-state index in [0.717, 1.165) is 14.5 Å². The molecular weight excluding hydrogens is 372 g/mol. The molecule has 5 heteroatoms. The number of nitrogens with zero attached hydrogens (tertiary/aromatic N) is 1. The van der Waals surface area contributed by atoms with E-state index in [4.69, 9.17) is 15.7 Å². The van der Waals surface area contributed by atoms with Crippen LogP contribution in [0.15, 0.2) is 39.3 Å². The predicted molar refractivity (Wildman–Crippen MR) is 82.2 cm³/mol. The molecular formula is C14H10Br2N2O. The first-order valence-electron chi connectivity index (χ1n) is 5.44. The molecule has 0 radical (unpaired) electrons. The molecule has 2 N–H and O–H groups in total. The van der Waals surface area contributed by atoms with Crippen molar-refractivity contribution in [3.8, 4) is 17.6 Å². The minimum Gasteiger partial charge on any atom is -0.453 e. The summed E-state index contributed by atoms with van der Waals surface area (Å²) in [6.45, 7) is 1.90. The maximum atomic E-state index is 9.09. The molecule has 3 nitrogen and oxygen atoms in total. The lowest BCUT2D eigenvalue weighted by molar-refractivity contribution is 0.479. The standard InChI is InChI=1S/C14H10Br2N2O/c1-8-4-11(16)5-12(18)14(8)19-13-6-10(15)3-2-9(13)7-17/h2-6H,18H2,1H3. The van der Waals surface area contributed by atoms with Crippen molar-refractivity contribution in [2.24, 2.45) is 0 Å². The molecule has 0 aliphatic rings. The van der Waals surface area contributed by atoms with Crippen molar-refractivity contribution in [1.82, 2.24) is 0 Å². The summed E-state index contributed by atoms with van der Waals surface area (Å²) in [6.07, 6.45) is 0. The van der Waals surface area contributed by atoms with E-state index in [9.17, 15) is 0 Å². The Labute approximate surface area is 128 Å². The topological polar surface area (TPSA) is 59.0 Å². The summed E-state index contributed by atoms with van der Waals surface area (Å²) >= 11 is 6.74. The van der Waals surface area contributed by atoms with Crippen LogP contribution in [0, 0.1) is 18.3 Å². The molecule has 0 unspecified atom stereocenters. The maximum absolute atomic E-state index is 9.09. The Bertz CT molecular complexity index is 655. The first-order chi connectivity index (χ1) is 9.01. The third kappa shape index (κ3) is 3.09. The van der Waals surface area contributed by atoms with E-state index >= 15 is 0 Å². The Morgan fingerprint density at radius 1 is 1.16 bits per heavy atom. The summed E-state index contributed by atoms with van der Waals surface area (Å²) in [5.74, 6) is 1.05. The largest absolute Gasteiger partial charge is 0.453 e. The van der Waals surface area contributed by atoms with Crippen LogP contribution < -0.4 is 10.5 Å². The van der Waals surface area contributed by atoms with Gasteiger partial charge in [0.2, 0.25) is 0 Å². The SMILES string of the molecule is Cc1cc(Br)cc(N)c1Oc1cc(Br)ccc1C#N. The second-order valence-electron chi connectivity index (χ2n) is 4.00. The Balaban J connectivity index is 2.48. The van der Waals surface area contributed by atoms with E-state index in [1.165, 1.54) is 0 Å². The molecule has 0 saturated heterocycles. The van der Waals surface area contributed by atoms with Crippen LogP contribution in [0.5, 0.6) is 11.5 Å². The number of ether oxygens (including phenoxy) is 1. The minimum atomic E-state index is 0.463. The summed E-state index contributed by atoms with van der Waals surface area (Å²) in [4.78, 5) is 0. The Hall–Kier alpha value is -1.51. The molecule has 2 aromatic carbocycles. The van der Waals surface area contributed by atoms with Gasteiger partial charge in [-0.05, 0) is 42.8 Å². The lowest BCUT2D eigenvalue weighted by atomic mass is 10.2. The van der Waals surface area contributed by atoms with E-state index in [0.29, 0.717) is 22.7 Å². The van der Waals surface area contributed by atoms with Gasteiger partial charge < -0.3 is 10.5 Å². The van der Waals surface area contributed by atoms with Gasteiger partial charge in [-0.2, -0.15) is 5.26 Å². The molecule has 0 saturated carbocycles. The number of benzene rings is 2. The average molecular weight is 382 g/mol. The van der Waals surface area contributed by atoms with E-state index in [-0.39, 0.29) is 0 Å². The smallest absolute Gasteiger partial charge is 0.153 e. The number of nitrogens with two attached hydrogens (primary N) is 1. The fourth-order valence-corrected chi connectivity index (χ4v) is 2.61. The Morgan fingerprint density at radius 3 is 2.53 bits per heavy atom. The minimum absolute atomic E-state index is 0.463. The third-order valence-corrected chi connectivity index (χ3v) is 3.50. The second-order valence-corrected chi connectivity index (χ2v) is 5.83. The number of halogens is 2. The molecule has 2 aromatic rings. The predicted octanol–water partition coefficient (Wildman–Crippen LogP) is 4.77. The first kappa shape index (κ1) is 13.9. The van der Waals surface area contributed by atoms with Crippen LogP contribution in [-0.2, 0) is 0 Å². The van der Waals surface area contributed by atoms with Gasteiger partial charge in [-0.25, -0.2) is 0 Å². The lowest BCUT2D eigenvalue weighted by Crippen LogP contribution is -1.96. The van der Waals surface area contributed by atoms with Gasteiger partial charge in [-0.1, -0.05) is 31.9 Å². The van der Waals surface area contributed by atoms with Gasteiger partial charge in [0, 0.05) is 8.95 Å². The van der Waals surface area contributed by atoms with Crippen LogP contribution in [0.2, 0.25) is 0 Å². The molecule has 19 heavy (non-hydrogen) atoms.